The van der Waals surface area contributed by atoms with E-state index in [4.69, 9.17) is 9.47 Å². The molecule has 0 spiro atoms. The second-order valence-corrected chi connectivity index (χ2v) is 8.12. The highest BCUT2D eigenvalue weighted by molar-refractivity contribution is 7.13. The fourth-order valence-corrected chi connectivity index (χ4v) is 4.43. The number of amides is 1. The summed E-state index contributed by atoms with van der Waals surface area (Å²) in [6.07, 6.45) is 1.73. The second-order valence-electron chi connectivity index (χ2n) is 7.18. The van der Waals surface area contributed by atoms with Crippen LogP contribution in [0.1, 0.15) is 35.8 Å². The van der Waals surface area contributed by atoms with Crippen molar-refractivity contribution in [3.63, 3.8) is 0 Å². The third-order valence-electron chi connectivity index (χ3n) is 5.41. The van der Waals surface area contributed by atoms with Crippen LogP contribution >= 0.6 is 11.3 Å². The van der Waals surface area contributed by atoms with Crippen molar-refractivity contribution in [1.82, 2.24) is 15.5 Å². The molecule has 1 amide bonds. The van der Waals surface area contributed by atoms with Crippen LogP contribution in [-0.2, 0) is 10.2 Å². The predicted molar refractivity (Wildman–Crippen MR) is 114 cm³/mol. The Morgan fingerprint density at radius 2 is 2.07 bits per heavy atom. The van der Waals surface area contributed by atoms with Gasteiger partial charge in [0.15, 0.2) is 5.69 Å². The first-order chi connectivity index (χ1) is 14.2. The van der Waals surface area contributed by atoms with Crippen molar-refractivity contribution < 1.29 is 14.3 Å². The monoisotopic (exact) mass is 411 g/mol. The molecule has 0 aliphatic carbocycles. The molecule has 0 bridgehead atoms. The molecule has 0 atom stereocenters. The lowest BCUT2D eigenvalue weighted by Crippen LogP contribution is -2.44. The molecule has 29 heavy (non-hydrogen) atoms. The van der Waals surface area contributed by atoms with E-state index in [0.717, 1.165) is 29.2 Å². The lowest BCUT2D eigenvalue weighted by Gasteiger charge is -2.38. The predicted octanol–water partition coefficient (Wildman–Crippen LogP) is 4.02. The zero-order valence-corrected chi connectivity index (χ0v) is 17.3. The number of aromatic nitrogens is 2. The summed E-state index contributed by atoms with van der Waals surface area (Å²) in [6.45, 7) is 4.54. The largest absolute Gasteiger partial charge is 0.494 e. The fourth-order valence-electron chi connectivity index (χ4n) is 3.74. The van der Waals surface area contributed by atoms with Crippen molar-refractivity contribution in [3.05, 3.63) is 59.1 Å². The van der Waals surface area contributed by atoms with E-state index in [1.807, 2.05) is 36.6 Å². The molecule has 1 aliphatic rings. The zero-order chi connectivity index (χ0) is 20.1. The van der Waals surface area contributed by atoms with E-state index in [2.05, 4.69) is 27.6 Å². The average molecular weight is 412 g/mol. The summed E-state index contributed by atoms with van der Waals surface area (Å²) < 4.78 is 11.2. The molecular weight excluding hydrogens is 386 g/mol. The number of nitrogens with zero attached hydrogens (tertiary/aromatic N) is 1. The molecule has 1 saturated heterocycles. The van der Waals surface area contributed by atoms with Gasteiger partial charge in [-0.15, -0.1) is 11.3 Å². The summed E-state index contributed by atoms with van der Waals surface area (Å²) in [5.74, 6) is 0.695. The number of carbonyl (C=O) groups is 1. The van der Waals surface area contributed by atoms with Gasteiger partial charge in [-0.2, -0.15) is 5.10 Å². The van der Waals surface area contributed by atoms with E-state index in [1.165, 1.54) is 5.56 Å². The standard InChI is InChI=1S/C22H25N3O3S/c1-2-28-17-7-5-16(6-8-17)22(9-11-27-12-10-22)15-23-21(26)19-14-18(24-25-19)20-4-3-13-29-20/h3-8,13-14H,2,9-12,15H2,1H3,(H,23,26)(H,24,25). The number of rotatable bonds is 7. The Morgan fingerprint density at radius 1 is 1.28 bits per heavy atom. The summed E-state index contributed by atoms with van der Waals surface area (Å²) in [6, 6.07) is 14.0. The molecule has 1 fully saturated rings. The van der Waals surface area contributed by atoms with Crippen LogP contribution in [0.15, 0.2) is 47.8 Å². The summed E-state index contributed by atoms with van der Waals surface area (Å²) >= 11 is 1.61. The van der Waals surface area contributed by atoms with Gasteiger partial charge >= 0.3 is 0 Å². The number of benzene rings is 1. The quantitative estimate of drug-likeness (QED) is 0.616. The third-order valence-corrected chi connectivity index (χ3v) is 6.32. The Bertz CT molecular complexity index is 929. The Kier molecular flexibility index (Phi) is 5.97. The summed E-state index contributed by atoms with van der Waals surface area (Å²) in [7, 11) is 0. The van der Waals surface area contributed by atoms with E-state index < -0.39 is 0 Å². The van der Waals surface area contributed by atoms with Crippen molar-refractivity contribution >= 4 is 17.2 Å². The van der Waals surface area contributed by atoms with Crippen molar-refractivity contribution in [2.45, 2.75) is 25.2 Å². The van der Waals surface area contributed by atoms with Crippen LogP contribution in [0, 0.1) is 0 Å². The molecule has 3 heterocycles. The summed E-state index contributed by atoms with van der Waals surface area (Å²) in [5, 5.41) is 12.2. The van der Waals surface area contributed by atoms with Crippen LogP contribution in [0.5, 0.6) is 5.75 Å². The van der Waals surface area contributed by atoms with Crippen LogP contribution in [0.3, 0.4) is 0 Å². The molecule has 4 rings (SSSR count). The maximum Gasteiger partial charge on any atom is 0.271 e. The van der Waals surface area contributed by atoms with E-state index in [9.17, 15) is 4.79 Å². The minimum absolute atomic E-state index is 0.147. The Labute approximate surface area is 174 Å². The topological polar surface area (TPSA) is 76.2 Å². The molecule has 152 valence electrons. The molecule has 0 radical (unpaired) electrons. The molecule has 6 nitrogen and oxygen atoms in total. The summed E-state index contributed by atoms with van der Waals surface area (Å²) in [5.41, 5.74) is 2.32. The number of nitrogens with one attached hydrogen (secondary N) is 2. The molecule has 2 aromatic heterocycles. The van der Waals surface area contributed by atoms with Gasteiger partial charge in [-0.1, -0.05) is 18.2 Å². The van der Waals surface area contributed by atoms with Gasteiger partial charge < -0.3 is 14.8 Å². The van der Waals surface area contributed by atoms with Crippen LogP contribution in [0.25, 0.3) is 10.6 Å². The number of carbonyl (C=O) groups excluding carboxylic acids is 1. The number of aromatic amines is 1. The van der Waals surface area contributed by atoms with Crippen LogP contribution in [0.2, 0.25) is 0 Å². The van der Waals surface area contributed by atoms with E-state index >= 15 is 0 Å². The van der Waals surface area contributed by atoms with Gasteiger partial charge in [0, 0.05) is 25.2 Å². The van der Waals surface area contributed by atoms with Crippen molar-refractivity contribution in [2.24, 2.45) is 0 Å². The highest BCUT2D eigenvalue weighted by atomic mass is 32.1. The molecule has 7 heteroatoms. The fraction of sp³-hybridized carbons (Fsp3) is 0.364. The smallest absolute Gasteiger partial charge is 0.271 e. The van der Waals surface area contributed by atoms with Gasteiger partial charge in [0.2, 0.25) is 0 Å². The minimum Gasteiger partial charge on any atom is -0.494 e. The summed E-state index contributed by atoms with van der Waals surface area (Å²) in [4.78, 5) is 13.8. The third kappa shape index (κ3) is 4.36. The first-order valence-electron chi connectivity index (χ1n) is 9.89. The Morgan fingerprint density at radius 3 is 2.76 bits per heavy atom. The number of hydrogen-bond acceptors (Lipinski definition) is 5. The van der Waals surface area contributed by atoms with Gasteiger partial charge in [-0.3, -0.25) is 9.89 Å². The average Bonchev–Trinajstić information content (AvgIpc) is 3.45. The Balaban J connectivity index is 1.48. The van der Waals surface area contributed by atoms with Crippen LogP contribution in [-0.4, -0.2) is 42.5 Å². The zero-order valence-electron chi connectivity index (χ0n) is 16.4. The van der Waals surface area contributed by atoms with E-state index in [0.29, 0.717) is 32.1 Å². The minimum atomic E-state index is -0.166. The van der Waals surface area contributed by atoms with Crippen LogP contribution in [0.4, 0.5) is 0 Å². The number of thiophene rings is 1. The van der Waals surface area contributed by atoms with Gasteiger partial charge in [-0.05, 0) is 55.0 Å². The van der Waals surface area contributed by atoms with E-state index in [-0.39, 0.29) is 11.3 Å². The molecule has 2 N–H and O–H groups in total. The normalized spacial score (nSPS) is 15.8. The lowest BCUT2D eigenvalue weighted by atomic mass is 9.74. The van der Waals surface area contributed by atoms with Crippen LogP contribution < -0.4 is 10.1 Å². The Hall–Kier alpha value is -2.64. The van der Waals surface area contributed by atoms with Gasteiger partial charge in [0.05, 0.1) is 17.2 Å². The van der Waals surface area contributed by atoms with Crippen molar-refractivity contribution in [2.75, 3.05) is 26.4 Å². The number of ether oxygens (including phenoxy) is 2. The first-order valence-corrected chi connectivity index (χ1v) is 10.8. The van der Waals surface area contributed by atoms with Gasteiger partial charge in [0.25, 0.3) is 5.91 Å². The highest BCUT2D eigenvalue weighted by Gasteiger charge is 2.35. The maximum atomic E-state index is 12.7. The molecule has 0 saturated carbocycles. The van der Waals surface area contributed by atoms with E-state index in [1.54, 1.807) is 17.4 Å². The van der Waals surface area contributed by atoms with Crippen molar-refractivity contribution in [1.29, 1.82) is 0 Å². The SMILES string of the molecule is CCOc1ccc(C2(CNC(=O)c3cc(-c4cccs4)[nH]n3)CCOCC2)cc1. The molecule has 1 aromatic carbocycles. The number of hydrogen-bond donors (Lipinski definition) is 2. The lowest BCUT2D eigenvalue weighted by molar-refractivity contribution is 0.0486. The molecular formula is C22H25N3O3S. The van der Waals surface area contributed by atoms with Crippen molar-refractivity contribution in [3.8, 4) is 16.3 Å². The molecule has 1 aliphatic heterocycles. The second kappa shape index (κ2) is 8.80. The maximum absolute atomic E-state index is 12.7. The molecule has 3 aromatic rings. The van der Waals surface area contributed by atoms with Gasteiger partial charge in [0.1, 0.15) is 5.75 Å². The first kappa shape index (κ1) is 19.7. The highest BCUT2D eigenvalue weighted by Crippen LogP contribution is 2.35. The number of H-pyrrole nitrogens is 1. The molecule has 0 unspecified atom stereocenters. The van der Waals surface area contributed by atoms with Gasteiger partial charge in [-0.25, -0.2) is 0 Å².